The Hall–Kier alpha value is -2.69. The quantitative estimate of drug-likeness (QED) is 0.836. The molecule has 3 N–H and O–H groups in total. The highest BCUT2D eigenvalue weighted by Crippen LogP contribution is 2.31. The van der Waals surface area contributed by atoms with Crippen molar-refractivity contribution in [3.8, 4) is 11.5 Å². The van der Waals surface area contributed by atoms with Crippen LogP contribution in [0.3, 0.4) is 0 Å². The molecule has 0 bridgehead atoms. The van der Waals surface area contributed by atoms with Crippen molar-refractivity contribution < 1.29 is 14.3 Å². The first-order chi connectivity index (χ1) is 10.5. The number of fused-ring (bicyclic) bond motifs is 1. The second-order valence-corrected chi connectivity index (χ2v) is 5.36. The highest BCUT2D eigenvalue weighted by Gasteiger charge is 2.16. The zero-order chi connectivity index (χ0) is 15.7. The summed E-state index contributed by atoms with van der Waals surface area (Å²) in [5.41, 5.74) is 9.70. The number of hydrogen-bond donors (Lipinski definition) is 2. The molecule has 1 amide bonds. The summed E-state index contributed by atoms with van der Waals surface area (Å²) >= 11 is 0. The van der Waals surface area contributed by atoms with Crippen LogP contribution in [-0.4, -0.2) is 19.1 Å². The van der Waals surface area contributed by atoms with E-state index in [9.17, 15) is 4.79 Å². The van der Waals surface area contributed by atoms with Crippen molar-refractivity contribution in [2.24, 2.45) is 0 Å². The van der Waals surface area contributed by atoms with Gasteiger partial charge in [-0.1, -0.05) is 6.07 Å². The zero-order valence-corrected chi connectivity index (χ0v) is 12.6. The molecule has 0 spiro atoms. The van der Waals surface area contributed by atoms with Crippen molar-refractivity contribution in [2.75, 3.05) is 24.3 Å². The van der Waals surface area contributed by atoms with Gasteiger partial charge in [-0.05, 0) is 49.2 Å². The number of amides is 1. The number of ether oxygens (including phenoxy) is 2. The fourth-order valence-electron chi connectivity index (χ4n) is 2.54. The second-order valence-electron chi connectivity index (χ2n) is 5.36. The lowest BCUT2D eigenvalue weighted by Gasteiger charge is -2.19. The van der Waals surface area contributed by atoms with E-state index >= 15 is 0 Å². The zero-order valence-electron chi connectivity index (χ0n) is 12.6. The molecule has 0 aliphatic carbocycles. The van der Waals surface area contributed by atoms with Crippen LogP contribution < -0.4 is 20.5 Å². The van der Waals surface area contributed by atoms with Crippen LogP contribution in [0.2, 0.25) is 0 Å². The Kier molecular flexibility index (Phi) is 3.63. The summed E-state index contributed by atoms with van der Waals surface area (Å²) in [6, 6.07) is 8.96. The second kappa shape index (κ2) is 5.60. The molecule has 2 aromatic carbocycles. The molecule has 0 saturated carbocycles. The molecule has 1 aliphatic rings. The number of hydrogen-bond acceptors (Lipinski definition) is 4. The molecule has 1 aliphatic heterocycles. The fraction of sp³-hybridized carbons (Fsp3) is 0.235. The molecule has 0 radical (unpaired) electrons. The van der Waals surface area contributed by atoms with Crippen molar-refractivity contribution >= 4 is 17.3 Å². The molecule has 0 saturated heterocycles. The molecule has 114 valence electrons. The lowest BCUT2D eigenvalue weighted by atomic mass is 10.1. The fourth-order valence-corrected chi connectivity index (χ4v) is 2.54. The number of anilines is 2. The van der Waals surface area contributed by atoms with E-state index < -0.39 is 0 Å². The van der Waals surface area contributed by atoms with Gasteiger partial charge in [0.15, 0.2) is 11.5 Å². The van der Waals surface area contributed by atoms with Crippen LogP contribution in [0.4, 0.5) is 11.4 Å². The normalized spacial score (nSPS) is 12.8. The van der Waals surface area contributed by atoms with Crippen LogP contribution in [0.15, 0.2) is 30.3 Å². The summed E-state index contributed by atoms with van der Waals surface area (Å²) in [7, 11) is 0. The molecule has 2 aromatic rings. The molecular weight excluding hydrogens is 280 g/mol. The Balaban J connectivity index is 1.86. The van der Waals surface area contributed by atoms with Gasteiger partial charge in [-0.15, -0.1) is 0 Å². The lowest BCUT2D eigenvalue weighted by Crippen LogP contribution is -2.18. The molecular formula is C17H18N2O3. The Morgan fingerprint density at radius 1 is 1.09 bits per heavy atom. The predicted octanol–water partition coefficient (Wildman–Crippen LogP) is 2.91. The minimum absolute atomic E-state index is 0.226. The Morgan fingerprint density at radius 2 is 1.82 bits per heavy atom. The SMILES string of the molecule is Cc1cc(C)c(NC(=O)c2ccc3c(c2)OCCO3)c(N)c1. The summed E-state index contributed by atoms with van der Waals surface area (Å²) in [6.07, 6.45) is 0. The summed E-state index contributed by atoms with van der Waals surface area (Å²) in [5.74, 6) is 1.02. The standard InChI is InChI=1S/C17H18N2O3/c1-10-7-11(2)16(13(18)8-10)19-17(20)12-3-4-14-15(9-12)22-6-5-21-14/h3-4,7-9H,5-6,18H2,1-2H3,(H,19,20). The third-order valence-electron chi connectivity index (χ3n) is 3.55. The average Bonchev–Trinajstić information content (AvgIpc) is 2.50. The smallest absolute Gasteiger partial charge is 0.255 e. The number of rotatable bonds is 2. The van der Waals surface area contributed by atoms with Crippen LogP contribution in [0.25, 0.3) is 0 Å². The van der Waals surface area contributed by atoms with Crippen molar-refractivity contribution in [1.29, 1.82) is 0 Å². The van der Waals surface area contributed by atoms with Gasteiger partial charge in [0.25, 0.3) is 5.91 Å². The van der Waals surface area contributed by atoms with E-state index in [0.717, 1.165) is 11.1 Å². The topological polar surface area (TPSA) is 73.6 Å². The van der Waals surface area contributed by atoms with Crippen molar-refractivity contribution in [1.82, 2.24) is 0 Å². The molecule has 0 atom stereocenters. The minimum atomic E-state index is -0.226. The van der Waals surface area contributed by atoms with Gasteiger partial charge >= 0.3 is 0 Å². The van der Waals surface area contributed by atoms with E-state index in [4.69, 9.17) is 15.2 Å². The van der Waals surface area contributed by atoms with Gasteiger partial charge in [-0.3, -0.25) is 4.79 Å². The first kappa shape index (κ1) is 14.3. The van der Waals surface area contributed by atoms with Gasteiger partial charge in [0.1, 0.15) is 13.2 Å². The van der Waals surface area contributed by atoms with Gasteiger partial charge in [-0.2, -0.15) is 0 Å². The number of carbonyl (C=O) groups is 1. The highest BCUT2D eigenvalue weighted by atomic mass is 16.6. The number of carbonyl (C=O) groups excluding carboxylic acids is 1. The van der Waals surface area contributed by atoms with Gasteiger partial charge in [0.05, 0.1) is 11.4 Å². The van der Waals surface area contributed by atoms with Crippen LogP contribution in [0, 0.1) is 13.8 Å². The molecule has 0 aromatic heterocycles. The lowest BCUT2D eigenvalue weighted by molar-refractivity contribution is 0.102. The Labute approximate surface area is 129 Å². The average molecular weight is 298 g/mol. The van der Waals surface area contributed by atoms with E-state index in [1.165, 1.54) is 0 Å². The van der Waals surface area contributed by atoms with Crippen LogP contribution >= 0.6 is 0 Å². The first-order valence-corrected chi connectivity index (χ1v) is 7.12. The molecule has 3 rings (SSSR count). The highest BCUT2D eigenvalue weighted by molar-refractivity contribution is 6.06. The minimum Gasteiger partial charge on any atom is -0.486 e. The van der Waals surface area contributed by atoms with E-state index in [-0.39, 0.29) is 5.91 Å². The molecule has 5 heteroatoms. The van der Waals surface area contributed by atoms with Crippen LogP contribution in [0.1, 0.15) is 21.5 Å². The van der Waals surface area contributed by atoms with Crippen molar-refractivity contribution in [2.45, 2.75) is 13.8 Å². The summed E-state index contributed by atoms with van der Waals surface area (Å²) in [6.45, 7) is 4.90. The van der Waals surface area contributed by atoms with Gasteiger partial charge in [0.2, 0.25) is 0 Å². The summed E-state index contributed by atoms with van der Waals surface area (Å²) in [5, 5.41) is 2.87. The molecule has 22 heavy (non-hydrogen) atoms. The maximum Gasteiger partial charge on any atom is 0.255 e. The van der Waals surface area contributed by atoms with Crippen LogP contribution in [-0.2, 0) is 0 Å². The maximum absolute atomic E-state index is 12.4. The summed E-state index contributed by atoms with van der Waals surface area (Å²) in [4.78, 5) is 12.4. The number of nitrogen functional groups attached to an aromatic ring is 1. The third kappa shape index (κ3) is 2.70. The number of nitrogens with one attached hydrogen (secondary N) is 1. The monoisotopic (exact) mass is 298 g/mol. The van der Waals surface area contributed by atoms with Crippen LogP contribution in [0.5, 0.6) is 11.5 Å². The molecule has 5 nitrogen and oxygen atoms in total. The predicted molar refractivity (Wildman–Crippen MR) is 85.7 cm³/mol. The van der Waals surface area contributed by atoms with Gasteiger partial charge in [-0.25, -0.2) is 0 Å². The number of nitrogens with two attached hydrogens (primary N) is 1. The van der Waals surface area contributed by atoms with Crippen molar-refractivity contribution in [3.05, 3.63) is 47.0 Å². The van der Waals surface area contributed by atoms with Gasteiger partial charge in [0, 0.05) is 5.56 Å². The Bertz CT molecular complexity index is 718. The third-order valence-corrected chi connectivity index (χ3v) is 3.55. The number of aryl methyl sites for hydroxylation is 2. The van der Waals surface area contributed by atoms with E-state index in [0.29, 0.717) is 41.7 Å². The maximum atomic E-state index is 12.4. The van der Waals surface area contributed by atoms with Gasteiger partial charge < -0.3 is 20.5 Å². The van der Waals surface area contributed by atoms with E-state index in [2.05, 4.69) is 5.32 Å². The Morgan fingerprint density at radius 3 is 2.55 bits per heavy atom. The van der Waals surface area contributed by atoms with Crippen molar-refractivity contribution in [3.63, 3.8) is 0 Å². The molecule has 1 heterocycles. The molecule has 0 fully saturated rings. The first-order valence-electron chi connectivity index (χ1n) is 7.12. The number of benzene rings is 2. The van der Waals surface area contributed by atoms with E-state index in [1.807, 2.05) is 26.0 Å². The molecule has 0 unspecified atom stereocenters. The summed E-state index contributed by atoms with van der Waals surface area (Å²) < 4.78 is 10.9. The van der Waals surface area contributed by atoms with E-state index in [1.54, 1.807) is 18.2 Å². The largest absolute Gasteiger partial charge is 0.486 e.